The third-order valence-electron chi connectivity index (χ3n) is 3.36. The molecule has 0 saturated heterocycles. The lowest BCUT2D eigenvalue weighted by atomic mass is 10.3. The molecule has 10 heteroatoms. The molecule has 0 bridgehead atoms. The number of para-hydroxylation sites is 1. The third kappa shape index (κ3) is 4.59. The molecule has 0 aliphatic rings. The number of hydrogen-bond donors (Lipinski definition) is 2. The lowest BCUT2D eigenvalue weighted by molar-refractivity contribution is -0.113. The summed E-state index contributed by atoms with van der Waals surface area (Å²) in [6.07, 6.45) is 0. The number of amides is 1. The summed E-state index contributed by atoms with van der Waals surface area (Å²) in [6, 6.07) is 14.0. The molecule has 6 nitrogen and oxygen atoms in total. The first-order chi connectivity index (χ1) is 13.2. The number of rotatable bonds is 6. The first-order valence-electron chi connectivity index (χ1n) is 7.80. The number of thiazole rings is 1. The second-order valence-electron chi connectivity index (χ2n) is 5.33. The molecule has 2 aromatic heterocycles. The van der Waals surface area contributed by atoms with Gasteiger partial charge < -0.3 is 10.6 Å². The predicted octanol–water partition coefficient (Wildman–Crippen LogP) is 4.76. The molecule has 136 valence electrons. The third-order valence-corrected chi connectivity index (χ3v) is 6.26. The van der Waals surface area contributed by atoms with E-state index < -0.39 is 0 Å². The zero-order chi connectivity index (χ0) is 18.6. The van der Waals surface area contributed by atoms with Crippen LogP contribution in [0.2, 0.25) is 0 Å². The SMILES string of the molecule is O=C(CSc1nnc(Nc2ccccc2)s1)Nc1nc2ccc(F)cc2s1. The number of fused-ring (bicyclic) bond motifs is 1. The zero-order valence-corrected chi connectivity index (χ0v) is 16.1. The average Bonchev–Trinajstić information content (AvgIpc) is 3.26. The molecule has 0 unspecified atom stereocenters. The Bertz CT molecular complexity index is 1080. The van der Waals surface area contributed by atoms with Crippen molar-refractivity contribution in [3.8, 4) is 0 Å². The number of halogens is 1. The smallest absolute Gasteiger partial charge is 0.236 e. The maximum atomic E-state index is 13.2. The van der Waals surface area contributed by atoms with Crippen LogP contribution in [0.15, 0.2) is 52.9 Å². The van der Waals surface area contributed by atoms with Gasteiger partial charge in [0.05, 0.1) is 16.0 Å². The molecule has 0 spiro atoms. The van der Waals surface area contributed by atoms with Gasteiger partial charge in [0.15, 0.2) is 9.47 Å². The number of thioether (sulfide) groups is 1. The molecule has 27 heavy (non-hydrogen) atoms. The van der Waals surface area contributed by atoms with E-state index in [-0.39, 0.29) is 17.5 Å². The normalized spacial score (nSPS) is 10.9. The van der Waals surface area contributed by atoms with E-state index in [4.69, 9.17) is 0 Å². The van der Waals surface area contributed by atoms with Crippen LogP contribution < -0.4 is 10.6 Å². The lowest BCUT2D eigenvalue weighted by Gasteiger charge is -2.00. The van der Waals surface area contributed by atoms with E-state index >= 15 is 0 Å². The van der Waals surface area contributed by atoms with Crippen LogP contribution in [0, 0.1) is 5.82 Å². The van der Waals surface area contributed by atoms with E-state index in [1.54, 1.807) is 6.07 Å². The van der Waals surface area contributed by atoms with Gasteiger partial charge in [0.2, 0.25) is 11.0 Å². The van der Waals surface area contributed by atoms with Crippen molar-refractivity contribution in [3.63, 3.8) is 0 Å². The van der Waals surface area contributed by atoms with Crippen LogP contribution in [0.5, 0.6) is 0 Å². The maximum Gasteiger partial charge on any atom is 0.236 e. The van der Waals surface area contributed by atoms with E-state index in [0.29, 0.717) is 24.8 Å². The summed E-state index contributed by atoms with van der Waals surface area (Å²) >= 11 is 3.91. The van der Waals surface area contributed by atoms with Crippen LogP contribution in [0.25, 0.3) is 10.2 Å². The van der Waals surface area contributed by atoms with E-state index in [9.17, 15) is 9.18 Å². The van der Waals surface area contributed by atoms with Gasteiger partial charge in [0, 0.05) is 5.69 Å². The molecule has 0 atom stereocenters. The lowest BCUT2D eigenvalue weighted by Crippen LogP contribution is -2.13. The molecule has 0 radical (unpaired) electrons. The number of hydrogen-bond acceptors (Lipinski definition) is 8. The van der Waals surface area contributed by atoms with Crippen molar-refractivity contribution in [3.05, 3.63) is 54.3 Å². The first-order valence-corrected chi connectivity index (χ1v) is 10.4. The van der Waals surface area contributed by atoms with Crippen molar-refractivity contribution in [1.82, 2.24) is 15.2 Å². The number of anilines is 3. The topological polar surface area (TPSA) is 79.8 Å². The summed E-state index contributed by atoms with van der Waals surface area (Å²) in [5, 5.41) is 15.1. The van der Waals surface area contributed by atoms with Crippen molar-refractivity contribution < 1.29 is 9.18 Å². The molecule has 2 N–H and O–H groups in total. The summed E-state index contributed by atoms with van der Waals surface area (Å²) in [4.78, 5) is 16.4. The Kier molecular flexibility index (Phi) is 5.28. The van der Waals surface area contributed by atoms with E-state index in [0.717, 1.165) is 5.69 Å². The van der Waals surface area contributed by atoms with Crippen molar-refractivity contribution >= 4 is 66.5 Å². The molecule has 2 heterocycles. The number of nitrogens with one attached hydrogen (secondary N) is 2. The Balaban J connectivity index is 1.32. The summed E-state index contributed by atoms with van der Waals surface area (Å²) < 4.78 is 14.6. The predicted molar refractivity (Wildman–Crippen MR) is 109 cm³/mol. The van der Waals surface area contributed by atoms with Gasteiger partial charge in [0.25, 0.3) is 0 Å². The number of benzene rings is 2. The molecule has 0 aliphatic heterocycles. The van der Waals surface area contributed by atoms with Crippen molar-refractivity contribution in [2.75, 3.05) is 16.4 Å². The minimum Gasteiger partial charge on any atom is -0.330 e. The van der Waals surface area contributed by atoms with Crippen molar-refractivity contribution in [2.24, 2.45) is 0 Å². The molecule has 2 aromatic carbocycles. The largest absolute Gasteiger partial charge is 0.330 e. The first kappa shape index (κ1) is 17.8. The van der Waals surface area contributed by atoms with Crippen LogP contribution in [0.4, 0.5) is 20.3 Å². The molecule has 0 saturated carbocycles. The van der Waals surface area contributed by atoms with Crippen LogP contribution in [-0.2, 0) is 4.79 Å². The Morgan fingerprint density at radius 3 is 2.78 bits per heavy atom. The van der Waals surface area contributed by atoms with Gasteiger partial charge in [-0.1, -0.05) is 52.6 Å². The van der Waals surface area contributed by atoms with Gasteiger partial charge in [-0.05, 0) is 30.3 Å². The van der Waals surface area contributed by atoms with Crippen LogP contribution in [-0.4, -0.2) is 26.8 Å². The Morgan fingerprint density at radius 1 is 1.07 bits per heavy atom. The second-order valence-corrected chi connectivity index (χ2v) is 8.56. The molecular formula is C17H12FN5OS3. The molecule has 4 rings (SSSR count). The van der Waals surface area contributed by atoms with Gasteiger partial charge in [0.1, 0.15) is 5.82 Å². The van der Waals surface area contributed by atoms with Gasteiger partial charge >= 0.3 is 0 Å². The summed E-state index contributed by atoms with van der Waals surface area (Å²) in [5.74, 6) is -0.340. The number of nitrogens with zero attached hydrogens (tertiary/aromatic N) is 3. The van der Waals surface area contributed by atoms with Crippen LogP contribution in [0.3, 0.4) is 0 Å². The van der Waals surface area contributed by atoms with Gasteiger partial charge in [-0.3, -0.25) is 4.79 Å². The van der Waals surface area contributed by atoms with Gasteiger partial charge in [-0.2, -0.15) is 0 Å². The quantitative estimate of drug-likeness (QED) is 0.440. The highest BCUT2D eigenvalue weighted by Crippen LogP contribution is 2.29. The highest BCUT2D eigenvalue weighted by Gasteiger charge is 2.11. The standard InChI is InChI=1S/C17H12FN5OS3/c18-10-6-7-12-13(8-10)26-15(20-12)21-14(24)9-25-17-23-22-16(27-17)19-11-4-2-1-3-5-11/h1-8H,9H2,(H,19,22)(H,20,21,24). The molecular weight excluding hydrogens is 405 g/mol. The summed E-state index contributed by atoms with van der Waals surface area (Å²) in [6.45, 7) is 0. The van der Waals surface area contributed by atoms with Gasteiger partial charge in [-0.15, -0.1) is 10.2 Å². The highest BCUT2D eigenvalue weighted by atomic mass is 32.2. The average molecular weight is 418 g/mol. The molecule has 0 fully saturated rings. The van der Waals surface area contributed by atoms with E-state index in [1.807, 2.05) is 30.3 Å². The van der Waals surface area contributed by atoms with Crippen LogP contribution >= 0.6 is 34.4 Å². The fourth-order valence-corrected chi connectivity index (χ4v) is 4.68. The zero-order valence-electron chi connectivity index (χ0n) is 13.7. The summed E-state index contributed by atoms with van der Waals surface area (Å²) in [5.41, 5.74) is 1.58. The highest BCUT2D eigenvalue weighted by molar-refractivity contribution is 8.01. The minimum absolute atomic E-state index is 0.185. The van der Waals surface area contributed by atoms with Gasteiger partial charge in [-0.25, -0.2) is 9.37 Å². The number of aromatic nitrogens is 3. The number of carbonyl (C=O) groups is 1. The van der Waals surface area contributed by atoms with E-state index in [1.165, 1.54) is 46.6 Å². The van der Waals surface area contributed by atoms with Crippen molar-refractivity contribution in [1.29, 1.82) is 0 Å². The molecule has 4 aromatic rings. The van der Waals surface area contributed by atoms with E-state index in [2.05, 4.69) is 25.8 Å². The minimum atomic E-state index is -0.323. The Morgan fingerprint density at radius 2 is 1.93 bits per heavy atom. The molecule has 0 aliphatic carbocycles. The monoisotopic (exact) mass is 417 g/mol. The Labute approximate surface area is 165 Å². The molecule has 1 amide bonds. The van der Waals surface area contributed by atoms with Crippen molar-refractivity contribution in [2.45, 2.75) is 4.34 Å². The van der Waals surface area contributed by atoms with Crippen LogP contribution in [0.1, 0.15) is 0 Å². The summed E-state index contributed by atoms with van der Waals surface area (Å²) in [7, 11) is 0. The number of carbonyl (C=O) groups excluding carboxylic acids is 1. The fourth-order valence-electron chi connectivity index (χ4n) is 2.20. The maximum absolute atomic E-state index is 13.2. The Hall–Kier alpha value is -2.56. The fraction of sp³-hybridized carbons (Fsp3) is 0.0588. The second kappa shape index (κ2) is 7.99.